The highest BCUT2D eigenvalue weighted by Crippen LogP contribution is 2.23. The fourth-order valence-electron chi connectivity index (χ4n) is 2.31. The number of rotatable bonds is 5. The molecule has 2 rings (SSSR count). The van der Waals surface area contributed by atoms with Crippen LogP contribution in [-0.2, 0) is 16.0 Å². The standard InChI is InChI=1S/C15H21NO2.C2H2O4/c1-3-7-12-8-5-6-9-14(12)18-15-11-16(4-2)10-13(15)17;3-1(4)2(5)6/h3,5-6,8-9,13,15,17H,1,4,7,10-11H2,2H3;(H,3,4)(H,5,6)/t13-,15-;/m0./s1. The molecule has 1 heterocycles. The third-order valence-corrected chi connectivity index (χ3v) is 3.56. The van der Waals surface area contributed by atoms with Crippen LogP contribution in [-0.4, -0.2) is 64.0 Å². The van der Waals surface area contributed by atoms with E-state index in [1.807, 2.05) is 30.3 Å². The van der Waals surface area contributed by atoms with Crippen LogP contribution in [0.15, 0.2) is 36.9 Å². The average molecular weight is 337 g/mol. The highest BCUT2D eigenvalue weighted by atomic mass is 16.5. The largest absolute Gasteiger partial charge is 0.486 e. The van der Waals surface area contributed by atoms with Crippen LogP contribution < -0.4 is 4.74 Å². The van der Waals surface area contributed by atoms with E-state index in [4.69, 9.17) is 24.5 Å². The predicted octanol–water partition coefficient (Wildman–Crippen LogP) is 1.01. The van der Waals surface area contributed by atoms with Crippen LogP contribution in [0.5, 0.6) is 5.75 Å². The lowest BCUT2D eigenvalue weighted by Gasteiger charge is -2.18. The van der Waals surface area contributed by atoms with Crippen LogP contribution in [0.3, 0.4) is 0 Å². The number of likely N-dealkylation sites (N-methyl/N-ethyl adjacent to an activating group) is 1. The van der Waals surface area contributed by atoms with Crippen molar-refractivity contribution in [3.05, 3.63) is 42.5 Å². The van der Waals surface area contributed by atoms with E-state index in [0.717, 1.165) is 30.8 Å². The van der Waals surface area contributed by atoms with E-state index in [2.05, 4.69) is 18.4 Å². The smallest absolute Gasteiger partial charge is 0.414 e. The molecule has 1 saturated heterocycles. The Morgan fingerprint density at radius 3 is 2.42 bits per heavy atom. The molecule has 1 aromatic carbocycles. The van der Waals surface area contributed by atoms with Gasteiger partial charge in [-0.15, -0.1) is 6.58 Å². The third kappa shape index (κ3) is 6.02. The lowest BCUT2D eigenvalue weighted by atomic mass is 10.1. The van der Waals surface area contributed by atoms with Crippen molar-refractivity contribution in [3.8, 4) is 5.75 Å². The van der Waals surface area contributed by atoms with Crippen LogP contribution >= 0.6 is 0 Å². The molecule has 24 heavy (non-hydrogen) atoms. The molecule has 132 valence electrons. The molecule has 3 N–H and O–H groups in total. The molecule has 2 atom stereocenters. The Labute approximate surface area is 140 Å². The van der Waals surface area contributed by atoms with E-state index in [1.54, 1.807) is 0 Å². The van der Waals surface area contributed by atoms with Crippen molar-refractivity contribution in [2.75, 3.05) is 19.6 Å². The number of ether oxygens (including phenoxy) is 1. The molecule has 0 aliphatic carbocycles. The maximum Gasteiger partial charge on any atom is 0.414 e. The number of carboxylic acids is 2. The Morgan fingerprint density at radius 1 is 1.29 bits per heavy atom. The zero-order chi connectivity index (χ0) is 18.1. The van der Waals surface area contributed by atoms with E-state index < -0.39 is 18.0 Å². The Kier molecular flexibility index (Phi) is 7.94. The number of carboxylic acid groups (broad SMARTS) is 2. The van der Waals surface area contributed by atoms with Crippen molar-refractivity contribution in [2.45, 2.75) is 25.6 Å². The van der Waals surface area contributed by atoms with Gasteiger partial charge in [0.2, 0.25) is 0 Å². The van der Waals surface area contributed by atoms with Gasteiger partial charge in [0.05, 0.1) is 0 Å². The van der Waals surface area contributed by atoms with E-state index in [9.17, 15) is 5.11 Å². The van der Waals surface area contributed by atoms with Gasteiger partial charge in [-0.2, -0.15) is 0 Å². The molecule has 0 aromatic heterocycles. The number of benzene rings is 1. The molecule has 0 amide bonds. The zero-order valence-corrected chi connectivity index (χ0v) is 13.6. The first-order valence-corrected chi connectivity index (χ1v) is 7.61. The molecule has 7 nitrogen and oxygen atoms in total. The van der Waals surface area contributed by atoms with Crippen molar-refractivity contribution in [1.82, 2.24) is 4.90 Å². The normalized spacial score (nSPS) is 19.9. The average Bonchev–Trinajstić information content (AvgIpc) is 2.90. The number of likely N-dealkylation sites (tertiary alicyclic amines) is 1. The van der Waals surface area contributed by atoms with Gasteiger partial charge < -0.3 is 20.1 Å². The summed E-state index contributed by atoms with van der Waals surface area (Å²) in [6.45, 7) is 8.29. The van der Waals surface area contributed by atoms with Crippen LogP contribution in [0, 0.1) is 0 Å². The summed E-state index contributed by atoms with van der Waals surface area (Å²) in [7, 11) is 0. The third-order valence-electron chi connectivity index (χ3n) is 3.56. The van der Waals surface area contributed by atoms with Crippen molar-refractivity contribution >= 4 is 11.9 Å². The zero-order valence-electron chi connectivity index (χ0n) is 13.6. The second-order valence-corrected chi connectivity index (χ2v) is 5.29. The van der Waals surface area contributed by atoms with E-state index in [0.29, 0.717) is 6.54 Å². The molecule has 0 radical (unpaired) electrons. The second kappa shape index (κ2) is 9.69. The van der Waals surface area contributed by atoms with Crippen molar-refractivity contribution in [3.63, 3.8) is 0 Å². The van der Waals surface area contributed by atoms with Crippen LogP contribution in [0.1, 0.15) is 12.5 Å². The molecule has 0 spiro atoms. The SMILES string of the molecule is C=CCc1ccccc1O[C@H]1CN(CC)C[C@@H]1O.O=C(O)C(=O)O. The maximum absolute atomic E-state index is 9.99. The molecule has 0 bridgehead atoms. The van der Waals surface area contributed by atoms with Gasteiger partial charge in [0.1, 0.15) is 18.0 Å². The first-order valence-electron chi connectivity index (χ1n) is 7.61. The summed E-state index contributed by atoms with van der Waals surface area (Å²) in [5.74, 6) is -2.79. The summed E-state index contributed by atoms with van der Waals surface area (Å²) >= 11 is 0. The summed E-state index contributed by atoms with van der Waals surface area (Å²) in [6.07, 6.45) is 2.12. The van der Waals surface area contributed by atoms with Gasteiger partial charge in [-0.05, 0) is 24.6 Å². The monoisotopic (exact) mass is 337 g/mol. The number of allylic oxidation sites excluding steroid dienone is 1. The van der Waals surface area contributed by atoms with E-state index in [-0.39, 0.29) is 6.10 Å². The first kappa shape index (κ1) is 19.7. The van der Waals surface area contributed by atoms with Gasteiger partial charge in [-0.1, -0.05) is 31.2 Å². The van der Waals surface area contributed by atoms with E-state index in [1.165, 1.54) is 0 Å². The number of para-hydroxylation sites is 1. The molecule has 0 saturated carbocycles. The van der Waals surface area contributed by atoms with Gasteiger partial charge in [-0.3, -0.25) is 4.90 Å². The topological polar surface area (TPSA) is 107 Å². The fourth-order valence-corrected chi connectivity index (χ4v) is 2.31. The Bertz CT molecular complexity index is 562. The number of aliphatic hydroxyl groups excluding tert-OH is 1. The minimum atomic E-state index is -1.82. The van der Waals surface area contributed by atoms with Gasteiger partial charge in [0, 0.05) is 13.1 Å². The van der Waals surface area contributed by atoms with Crippen LogP contribution in [0.2, 0.25) is 0 Å². The highest BCUT2D eigenvalue weighted by molar-refractivity contribution is 6.27. The molecule has 0 unspecified atom stereocenters. The number of β-amino-alcohol motifs (C(OH)–C–C–N with tert-alkyl or cyclic N) is 1. The predicted molar refractivity (Wildman–Crippen MR) is 88.2 cm³/mol. The molecule has 1 aromatic rings. The summed E-state index contributed by atoms with van der Waals surface area (Å²) in [6, 6.07) is 7.95. The highest BCUT2D eigenvalue weighted by Gasteiger charge is 2.32. The molecule has 1 aliphatic heterocycles. The minimum Gasteiger partial charge on any atom is -0.486 e. The summed E-state index contributed by atoms with van der Waals surface area (Å²) in [4.78, 5) is 20.4. The molecule has 1 aliphatic rings. The van der Waals surface area contributed by atoms with Crippen molar-refractivity contribution in [2.24, 2.45) is 0 Å². The number of aliphatic carboxylic acids is 2. The van der Waals surface area contributed by atoms with Crippen molar-refractivity contribution < 1.29 is 29.6 Å². The lowest BCUT2D eigenvalue weighted by molar-refractivity contribution is -0.159. The van der Waals surface area contributed by atoms with Gasteiger partial charge >= 0.3 is 11.9 Å². The molecular weight excluding hydrogens is 314 g/mol. The number of aliphatic hydroxyl groups is 1. The summed E-state index contributed by atoms with van der Waals surface area (Å²) in [5.41, 5.74) is 1.12. The minimum absolute atomic E-state index is 0.129. The lowest BCUT2D eigenvalue weighted by Crippen LogP contribution is -2.30. The van der Waals surface area contributed by atoms with Gasteiger partial charge in [-0.25, -0.2) is 9.59 Å². The molecule has 7 heteroatoms. The summed E-state index contributed by atoms with van der Waals surface area (Å²) in [5, 5.41) is 24.8. The number of carbonyl (C=O) groups is 2. The Morgan fingerprint density at radius 2 is 1.92 bits per heavy atom. The Balaban J connectivity index is 0.000000413. The number of nitrogens with zero attached hydrogens (tertiary/aromatic N) is 1. The van der Waals surface area contributed by atoms with Gasteiger partial charge in [0.15, 0.2) is 0 Å². The van der Waals surface area contributed by atoms with E-state index >= 15 is 0 Å². The Hall–Kier alpha value is -2.38. The quantitative estimate of drug-likeness (QED) is 0.544. The maximum atomic E-state index is 9.99. The number of hydrogen-bond donors (Lipinski definition) is 3. The molecular formula is C17H23NO6. The van der Waals surface area contributed by atoms with Crippen LogP contribution in [0.4, 0.5) is 0 Å². The first-order chi connectivity index (χ1) is 11.4. The second-order valence-electron chi connectivity index (χ2n) is 5.29. The van der Waals surface area contributed by atoms with Gasteiger partial charge in [0.25, 0.3) is 0 Å². The molecule has 1 fully saturated rings. The summed E-state index contributed by atoms with van der Waals surface area (Å²) < 4.78 is 5.96. The fraction of sp³-hybridized carbons (Fsp3) is 0.412. The van der Waals surface area contributed by atoms with Crippen molar-refractivity contribution in [1.29, 1.82) is 0 Å². The number of hydrogen-bond acceptors (Lipinski definition) is 5. The van der Waals surface area contributed by atoms with Crippen LogP contribution in [0.25, 0.3) is 0 Å².